The Labute approximate surface area is 165 Å². The molecule has 1 aliphatic heterocycles. The van der Waals surface area contributed by atoms with E-state index in [2.05, 4.69) is 20.1 Å². The zero-order chi connectivity index (χ0) is 19.7. The van der Waals surface area contributed by atoms with Gasteiger partial charge in [0.15, 0.2) is 5.82 Å². The highest BCUT2D eigenvalue weighted by atomic mass is 32.2. The first-order chi connectivity index (χ1) is 13.5. The van der Waals surface area contributed by atoms with Gasteiger partial charge >= 0.3 is 0 Å². The number of aromatic nitrogens is 3. The second kappa shape index (κ2) is 7.63. The number of amides is 1. The lowest BCUT2D eigenvalue weighted by atomic mass is 10.0. The zero-order valence-corrected chi connectivity index (χ0v) is 16.7. The molecule has 1 saturated carbocycles. The van der Waals surface area contributed by atoms with Crippen molar-refractivity contribution in [3.8, 4) is 0 Å². The standard InChI is InChI=1S/C19H25N5O3S/c1-14-21-22-18(24(14)15-10-11-15)13-20-19(25)17-9-5-6-12-23(17)28(26,27)16-7-3-2-4-8-16/h2-4,7-8,15,17H,5-6,9-13H2,1H3,(H,20,25)/t17-/m1/s1. The SMILES string of the molecule is Cc1nnc(CNC(=O)[C@H]2CCCCN2S(=O)(=O)c2ccccc2)n1C1CC1. The predicted molar refractivity (Wildman–Crippen MR) is 103 cm³/mol. The number of piperidine rings is 1. The summed E-state index contributed by atoms with van der Waals surface area (Å²) in [6, 6.07) is 8.03. The number of carbonyl (C=O) groups is 1. The van der Waals surface area contributed by atoms with Crippen LogP contribution in [0.2, 0.25) is 0 Å². The van der Waals surface area contributed by atoms with E-state index < -0.39 is 16.1 Å². The third-order valence-corrected chi connectivity index (χ3v) is 7.30. The van der Waals surface area contributed by atoms with Crippen LogP contribution in [0.4, 0.5) is 0 Å². The van der Waals surface area contributed by atoms with Gasteiger partial charge in [0.25, 0.3) is 0 Å². The number of hydrogen-bond acceptors (Lipinski definition) is 5. The predicted octanol–water partition coefficient (Wildman–Crippen LogP) is 1.78. The molecule has 2 aromatic rings. The molecular weight excluding hydrogens is 378 g/mol. The summed E-state index contributed by atoms with van der Waals surface area (Å²) < 4.78 is 29.5. The summed E-state index contributed by atoms with van der Waals surface area (Å²) in [6.07, 6.45) is 4.31. The molecule has 1 aromatic carbocycles. The van der Waals surface area contributed by atoms with Gasteiger partial charge < -0.3 is 9.88 Å². The van der Waals surface area contributed by atoms with E-state index >= 15 is 0 Å². The van der Waals surface area contributed by atoms with Gasteiger partial charge in [0, 0.05) is 12.6 Å². The Bertz CT molecular complexity index is 953. The van der Waals surface area contributed by atoms with Crippen LogP contribution in [0.25, 0.3) is 0 Å². The fourth-order valence-electron chi connectivity index (χ4n) is 3.81. The molecular formula is C19H25N5O3S. The summed E-state index contributed by atoms with van der Waals surface area (Å²) in [5.41, 5.74) is 0. The first-order valence-electron chi connectivity index (χ1n) is 9.73. The summed E-state index contributed by atoms with van der Waals surface area (Å²) in [4.78, 5) is 13.1. The minimum absolute atomic E-state index is 0.221. The first kappa shape index (κ1) is 19.1. The Morgan fingerprint density at radius 2 is 1.89 bits per heavy atom. The molecule has 8 nitrogen and oxygen atoms in total. The van der Waals surface area contributed by atoms with Crippen molar-refractivity contribution in [1.29, 1.82) is 0 Å². The van der Waals surface area contributed by atoms with Gasteiger partial charge in [-0.3, -0.25) is 4.79 Å². The highest BCUT2D eigenvalue weighted by Gasteiger charge is 2.37. The van der Waals surface area contributed by atoms with E-state index in [-0.39, 0.29) is 17.3 Å². The first-order valence-corrected chi connectivity index (χ1v) is 11.2. The van der Waals surface area contributed by atoms with Gasteiger partial charge in [0.2, 0.25) is 15.9 Å². The Balaban J connectivity index is 1.49. The summed E-state index contributed by atoms with van der Waals surface area (Å²) >= 11 is 0. The molecule has 0 radical (unpaired) electrons. The third-order valence-electron chi connectivity index (χ3n) is 5.38. The minimum Gasteiger partial charge on any atom is -0.347 e. The Kier molecular flexibility index (Phi) is 5.20. The van der Waals surface area contributed by atoms with Crippen LogP contribution in [0.5, 0.6) is 0 Å². The van der Waals surface area contributed by atoms with Crippen LogP contribution < -0.4 is 5.32 Å². The molecule has 1 atom stereocenters. The average Bonchev–Trinajstić information content (AvgIpc) is 3.49. The van der Waals surface area contributed by atoms with Crippen molar-refractivity contribution >= 4 is 15.9 Å². The Hall–Kier alpha value is -2.26. The van der Waals surface area contributed by atoms with Crippen LogP contribution in [-0.4, -0.2) is 46.0 Å². The monoisotopic (exact) mass is 403 g/mol. The van der Waals surface area contributed by atoms with E-state index in [4.69, 9.17) is 0 Å². The van der Waals surface area contributed by atoms with Crippen LogP contribution >= 0.6 is 0 Å². The maximum Gasteiger partial charge on any atom is 0.243 e. The second-order valence-electron chi connectivity index (χ2n) is 7.42. The van der Waals surface area contributed by atoms with Crippen molar-refractivity contribution in [3.05, 3.63) is 42.0 Å². The number of nitrogens with one attached hydrogen (secondary N) is 1. The number of aryl methyl sites for hydroxylation is 1. The molecule has 28 heavy (non-hydrogen) atoms. The summed E-state index contributed by atoms with van der Waals surface area (Å²) in [5, 5.41) is 11.2. The zero-order valence-electron chi connectivity index (χ0n) is 15.9. The lowest BCUT2D eigenvalue weighted by Crippen LogP contribution is -2.51. The number of nitrogens with zero attached hydrogens (tertiary/aromatic N) is 4. The van der Waals surface area contributed by atoms with Gasteiger partial charge in [0.05, 0.1) is 11.4 Å². The van der Waals surface area contributed by atoms with Crippen molar-refractivity contribution < 1.29 is 13.2 Å². The normalized spacial score (nSPS) is 20.8. The average molecular weight is 404 g/mol. The van der Waals surface area contributed by atoms with E-state index in [1.807, 2.05) is 6.92 Å². The van der Waals surface area contributed by atoms with E-state index in [1.165, 1.54) is 4.31 Å². The van der Waals surface area contributed by atoms with Gasteiger partial charge in [-0.25, -0.2) is 8.42 Å². The maximum atomic E-state index is 13.1. The van der Waals surface area contributed by atoms with E-state index in [1.54, 1.807) is 30.3 Å². The highest BCUT2D eigenvalue weighted by molar-refractivity contribution is 7.89. The molecule has 150 valence electrons. The summed E-state index contributed by atoms with van der Waals surface area (Å²) in [6.45, 7) is 2.52. The maximum absolute atomic E-state index is 13.1. The second-order valence-corrected chi connectivity index (χ2v) is 9.31. The Morgan fingerprint density at radius 1 is 1.14 bits per heavy atom. The minimum atomic E-state index is -3.71. The van der Waals surface area contributed by atoms with Crippen LogP contribution in [0.15, 0.2) is 35.2 Å². The molecule has 2 heterocycles. The Morgan fingerprint density at radius 3 is 2.61 bits per heavy atom. The molecule has 1 aliphatic carbocycles. The quantitative estimate of drug-likeness (QED) is 0.793. The lowest BCUT2D eigenvalue weighted by Gasteiger charge is -2.33. The fraction of sp³-hybridized carbons (Fsp3) is 0.526. The number of carbonyl (C=O) groups excluding carboxylic acids is 1. The summed E-state index contributed by atoms with van der Waals surface area (Å²) in [7, 11) is -3.71. The number of hydrogen-bond donors (Lipinski definition) is 1. The molecule has 4 rings (SSSR count). The molecule has 0 bridgehead atoms. The summed E-state index contributed by atoms with van der Waals surface area (Å²) in [5.74, 6) is 1.29. The van der Waals surface area contributed by atoms with Crippen LogP contribution in [-0.2, 0) is 21.4 Å². The van der Waals surface area contributed by atoms with Crippen molar-refractivity contribution in [1.82, 2.24) is 24.4 Å². The number of benzene rings is 1. The molecule has 1 N–H and O–H groups in total. The molecule has 2 fully saturated rings. The number of sulfonamides is 1. The van der Waals surface area contributed by atoms with E-state index in [0.29, 0.717) is 19.0 Å². The van der Waals surface area contributed by atoms with Crippen LogP contribution in [0.1, 0.15) is 49.8 Å². The molecule has 2 aliphatic rings. The fourth-order valence-corrected chi connectivity index (χ4v) is 5.49. The van der Waals surface area contributed by atoms with Crippen LogP contribution in [0.3, 0.4) is 0 Å². The van der Waals surface area contributed by atoms with Crippen molar-refractivity contribution in [2.24, 2.45) is 0 Å². The van der Waals surface area contributed by atoms with E-state index in [0.717, 1.165) is 37.3 Å². The number of rotatable bonds is 6. The van der Waals surface area contributed by atoms with Gasteiger partial charge in [0.1, 0.15) is 11.9 Å². The van der Waals surface area contributed by atoms with Crippen molar-refractivity contribution in [3.63, 3.8) is 0 Å². The molecule has 1 aromatic heterocycles. The topological polar surface area (TPSA) is 97.2 Å². The third kappa shape index (κ3) is 3.68. The molecule has 1 amide bonds. The van der Waals surface area contributed by atoms with Gasteiger partial charge in [-0.15, -0.1) is 10.2 Å². The van der Waals surface area contributed by atoms with Gasteiger partial charge in [-0.05, 0) is 44.7 Å². The van der Waals surface area contributed by atoms with Crippen LogP contribution in [0, 0.1) is 6.92 Å². The van der Waals surface area contributed by atoms with E-state index in [9.17, 15) is 13.2 Å². The largest absolute Gasteiger partial charge is 0.347 e. The van der Waals surface area contributed by atoms with Gasteiger partial charge in [-0.1, -0.05) is 24.6 Å². The smallest absolute Gasteiger partial charge is 0.243 e. The van der Waals surface area contributed by atoms with Crippen molar-refractivity contribution in [2.75, 3.05) is 6.54 Å². The molecule has 9 heteroatoms. The molecule has 0 spiro atoms. The van der Waals surface area contributed by atoms with Crippen molar-refractivity contribution in [2.45, 2.75) is 62.6 Å². The lowest BCUT2D eigenvalue weighted by molar-refractivity contribution is -0.125. The highest BCUT2D eigenvalue weighted by Crippen LogP contribution is 2.36. The molecule has 1 saturated heterocycles. The van der Waals surface area contributed by atoms with Gasteiger partial charge in [-0.2, -0.15) is 4.31 Å². The molecule has 0 unspecified atom stereocenters.